The topological polar surface area (TPSA) is 55.4 Å². The average Bonchev–Trinajstić information content (AvgIpc) is 3.12. The van der Waals surface area contributed by atoms with E-state index >= 15 is 0 Å². The Balaban J connectivity index is 1.61. The fourth-order valence-corrected chi connectivity index (χ4v) is 5.97. The SMILES string of the molecule is Cc1c(NC(=O)[C@@H]2[C@H]3C[C@H]4[C@H](OC(=O)[C@@H]42)[C@@H]3Br)ccc(Br)c1Cl. The molecule has 2 aliphatic carbocycles. The van der Waals surface area contributed by atoms with Crippen molar-refractivity contribution in [2.24, 2.45) is 23.7 Å². The molecule has 4 nitrogen and oxygen atoms in total. The van der Waals surface area contributed by atoms with Crippen LogP contribution >= 0.6 is 43.5 Å². The van der Waals surface area contributed by atoms with Gasteiger partial charge in [-0.3, -0.25) is 9.59 Å². The lowest BCUT2D eigenvalue weighted by Gasteiger charge is -2.27. The molecule has 3 fully saturated rings. The van der Waals surface area contributed by atoms with Crippen LogP contribution in [0.5, 0.6) is 0 Å². The largest absolute Gasteiger partial charge is 0.461 e. The summed E-state index contributed by atoms with van der Waals surface area (Å²) in [5, 5.41) is 3.53. The molecule has 0 unspecified atom stereocenters. The monoisotopic (exact) mass is 461 g/mol. The quantitative estimate of drug-likeness (QED) is 0.534. The van der Waals surface area contributed by atoms with E-state index < -0.39 is 0 Å². The Labute approximate surface area is 155 Å². The Bertz CT molecular complexity index is 726. The van der Waals surface area contributed by atoms with E-state index in [2.05, 4.69) is 37.2 Å². The third-order valence-corrected chi connectivity index (χ3v) is 8.00. The normalized spacial score (nSPS) is 37.1. The number of fused-ring (bicyclic) bond motifs is 1. The van der Waals surface area contributed by atoms with Crippen LogP contribution in [0.1, 0.15) is 12.0 Å². The van der Waals surface area contributed by atoms with Crippen molar-refractivity contribution in [2.45, 2.75) is 24.3 Å². The molecule has 1 N–H and O–H groups in total. The fraction of sp³-hybridized carbons (Fsp3) is 0.500. The Morgan fingerprint density at radius 3 is 2.87 bits per heavy atom. The first-order valence-electron chi connectivity index (χ1n) is 7.50. The van der Waals surface area contributed by atoms with E-state index in [1.165, 1.54) is 0 Å². The number of hydrogen-bond donors (Lipinski definition) is 1. The van der Waals surface area contributed by atoms with Crippen molar-refractivity contribution >= 4 is 61.0 Å². The molecule has 0 spiro atoms. The van der Waals surface area contributed by atoms with E-state index in [1.54, 1.807) is 6.07 Å². The molecule has 2 saturated carbocycles. The second-order valence-electron chi connectivity index (χ2n) is 6.48. The summed E-state index contributed by atoms with van der Waals surface area (Å²) < 4.78 is 6.24. The molecule has 122 valence electrons. The Kier molecular flexibility index (Phi) is 3.78. The lowest BCUT2D eigenvalue weighted by Crippen LogP contribution is -2.40. The molecule has 1 amide bonds. The first-order valence-corrected chi connectivity index (χ1v) is 9.59. The highest BCUT2D eigenvalue weighted by atomic mass is 79.9. The molecule has 1 heterocycles. The molecule has 23 heavy (non-hydrogen) atoms. The average molecular weight is 464 g/mol. The van der Waals surface area contributed by atoms with Crippen LogP contribution in [0.15, 0.2) is 16.6 Å². The van der Waals surface area contributed by atoms with Gasteiger partial charge in [-0.25, -0.2) is 0 Å². The van der Waals surface area contributed by atoms with Gasteiger partial charge in [-0.1, -0.05) is 27.5 Å². The van der Waals surface area contributed by atoms with Crippen LogP contribution < -0.4 is 5.32 Å². The van der Waals surface area contributed by atoms with Crippen molar-refractivity contribution < 1.29 is 14.3 Å². The number of benzene rings is 1. The molecular formula is C16H14Br2ClNO3. The maximum Gasteiger partial charge on any atom is 0.310 e. The number of alkyl halides is 1. The van der Waals surface area contributed by atoms with Gasteiger partial charge >= 0.3 is 5.97 Å². The second-order valence-corrected chi connectivity index (χ2v) is 8.77. The lowest BCUT2D eigenvalue weighted by molar-refractivity contribution is -0.145. The first kappa shape index (κ1) is 15.9. The summed E-state index contributed by atoms with van der Waals surface area (Å²) in [5.41, 5.74) is 1.49. The van der Waals surface area contributed by atoms with Gasteiger partial charge in [-0.15, -0.1) is 0 Å². The van der Waals surface area contributed by atoms with E-state index in [-0.39, 0.29) is 46.5 Å². The highest BCUT2D eigenvalue weighted by Crippen LogP contribution is 2.60. The Morgan fingerprint density at radius 1 is 1.39 bits per heavy atom. The van der Waals surface area contributed by atoms with E-state index in [0.29, 0.717) is 10.7 Å². The lowest BCUT2D eigenvalue weighted by atomic mass is 9.79. The van der Waals surface area contributed by atoms with Crippen molar-refractivity contribution in [1.29, 1.82) is 0 Å². The molecule has 7 heteroatoms. The molecule has 1 saturated heterocycles. The number of rotatable bonds is 2. The van der Waals surface area contributed by atoms with Crippen molar-refractivity contribution in [3.63, 3.8) is 0 Å². The van der Waals surface area contributed by atoms with Gasteiger partial charge in [0.05, 0.1) is 21.7 Å². The van der Waals surface area contributed by atoms with Gasteiger partial charge < -0.3 is 10.1 Å². The van der Waals surface area contributed by atoms with Crippen molar-refractivity contribution in [1.82, 2.24) is 0 Å². The molecule has 2 bridgehead atoms. The van der Waals surface area contributed by atoms with Crippen LogP contribution in [0.2, 0.25) is 5.02 Å². The van der Waals surface area contributed by atoms with Crippen LogP contribution in [0, 0.1) is 30.6 Å². The summed E-state index contributed by atoms with van der Waals surface area (Å²) in [4.78, 5) is 25.0. The number of hydrogen-bond acceptors (Lipinski definition) is 3. The van der Waals surface area contributed by atoms with Crippen LogP contribution in [0.3, 0.4) is 0 Å². The van der Waals surface area contributed by atoms with E-state index in [9.17, 15) is 9.59 Å². The Morgan fingerprint density at radius 2 is 2.13 bits per heavy atom. The van der Waals surface area contributed by atoms with E-state index in [1.807, 2.05) is 13.0 Å². The maximum atomic E-state index is 12.8. The minimum atomic E-state index is -0.336. The minimum absolute atomic E-state index is 0.0644. The third-order valence-electron chi connectivity index (χ3n) is 5.42. The molecule has 1 aromatic rings. The molecule has 1 aliphatic heterocycles. The first-order chi connectivity index (χ1) is 10.9. The van der Waals surface area contributed by atoms with E-state index in [4.69, 9.17) is 16.3 Å². The smallest absolute Gasteiger partial charge is 0.310 e. The third kappa shape index (κ3) is 2.21. The van der Waals surface area contributed by atoms with Crippen molar-refractivity contribution in [3.8, 4) is 0 Å². The summed E-state index contributed by atoms with van der Waals surface area (Å²) in [6.07, 6.45) is 0.806. The zero-order valence-corrected chi connectivity index (χ0v) is 16.1. The van der Waals surface area contributed by atoms with Gasteiger partial charge in [0.2, 0.25) is 5.91 Å². The minimum Gasteiger partial charge on any atom is -0.461 e. The molecular weight excluding hydrogens is 449 g/mol. The van der Waals surface area contributed by atoms with Gasteiger partial charge in [0.25, 0.3) is 0 Å². The number of carbonyl (C=O) groups is 2. The molecule has 1 aromatic carbocycles. The van der Waals surface area contributed by atoms with Crippen LogP contribution in [-0.4, -0.2) is 22.8 Å². The van der Waals surface area contributed by atoms with E-state index in [0.717, 1.165) is 16.5 Å². The molecule has 6 atom stereocenters. The number of amides is 1. The Hall–Kier alpha value is -0.590. The molecule has 0 radical (unpaired) electrons. The zero-order chi connectivity index (χ0) is 16.5. The molecule has 0 aromatic heterocycles. The number of anilines is 1. The maximum absolute atomic E-state index is 12.8. The van der Waals surface area contributed by atoms with Gasteiger partial charge in [0, 0.05) is 16.1 Å². The standard InChI is InChI=1S/C16H14Br2ClNO3/c1-5-9(3-2-8(17)13(5)19)20-15(21)10-6-4-7-11(10)16(22)23-14(7)12(6)18/h2-3,6-7,10-12,14H,4H2,1H3,(H,20,21)/t6-,7-,10-,11+,12-,14+/m1/s1. The predicted molar refractivity (Wildman–Crippen MR) is 93.7 cm³/mol. The van der Waals surface area contributed by atoms with Crippen LogP contribution in [0.4, 0.5) is 5.69 Å². The van der Waals surface area contributed by atoms with Gasteiger partial charge in [-0.2, -0.15) is 0 Å². The number of halogens is 3. The summed E-state index contributed by atoms with van der Waals surface area (Å²) in [6, 6.07) is 3.62. The van der Waals surface area contributed by atoms with Crippen LogP contribution in [0.25, 0.3) is 0 Å². The summed E-state index contributed by atoms with van der Waals surface area (Å²) in [6.45, 7) is 1.86. The summed E-state index contributed by atoms with van der Waals surface area (Å²) in [5.74, 6) is -0.668. The summed E-state index contributed by atoms with van der Waals surface area (Å²) in [7, 11) is 0. The molecule has 3 aliphatic rings. The number of carbonyl (C=O) groups excluding carboxylic acids is 2. The van der Waals surface area contributed by atoms with Crippen molar-refractivity contribution in [2.75, 3.05) is 5.32 Å². The number of nitrogens with one attached hydrogen (secondary N) is 1. The molecule has 4 rings (SSSR count). The predicted octanol–water partition coefficient (Wildman–Crippen LogP) is 3.92. The highest BCUT2D eigenvalue weighted by molar-refractivity contribution is 9.10. The highest BCUT2D eigenvalue weighted by Gasteiger charge is 2.67. The fourth-order valence-electron chi connectivity index (χ4n) is 4.33. The second kappa shape index (κ2) is 5.46. The zero-order valence-electron chi connectivity index (χ0n) is 12.2. The number of esters is 1. The van der Waals surface area contributed by atoms with Gasteiger partial charge in [-0.05, 0) is 52.9 Å². The van der Waals surface area contributed by atoms with Gasteiger partial charge in [0.1, 0.15) is 6.10 Å². The number of ether oxygens (including phenoxy) is 1. The summed E-state index contributed by atoms with van der Waals surface area (Å²) >= 11 is 13.2. The van der Waals surface area contributed by atoms with Crippen LogP contribution in [-0.2, 0) is 14.3 Å². The van der Waals surface area contributed by atoms with Crippen molar-refractivity contribution in [3.05, 3.63) is 27.2 Å². The van der Waals surface area contributed by atoms with Gasteiger partial charge in [0.15, 0.2) is 0 Å².